The van der Waals surface area contributed by atoms with Crippen molar-refractivity contribution in [3.8, 4) is 0 Å². The van der Waals surface area contributed by atoms with Crippen LogP contribution in [-0.2, 0) is 28.4 Å². The van der Waals surface area contributed by atoms with Gasteiger partial charge >= 0.3 is 24.2 Å². The molecule has 0 atom stereocenters. The highest BCUT2D eigenvalue weighted by Crippen LogP contribution is 2.10. The SMILES string of the molecule is FC(F)=C(F)OCOCOCOCOCOC(F)=C(F)F. The summed E-state index contributed by atoms with van der Waals surface area (Å²) in [6.45, 7) is -2.96. The molecule has 124 valence electrons. The van der Waals surface area contributed by atoms with Crippen LogP contribution >= 0.6 is 0 Å². The predicted octanol–water partition coefficient (Wildman–Crippen LogP) is 2.94. The summed E-state index contributed by atoms with van der Waals surface area (Å²) >= 11 is 0. The summed E-state index contributed by atoms with van der Waals surface area (Å²) in [6, 6.07) is -4.13. The van der Waals surface area contributed by atoms with E-state index in [1.165, 1.54) is 0 Å². The first kappa shape index (κ1) is 19.5. The molecule has 0 aliphatic rings. The summed E-state index contributed by atoms with van der Waals surface area (Å²) < 4.78 is 95.5. The first-order valence-electron chi connectivity index (χ1n) is 4.93. The molecule has 0 radical (unpaired) electrons. The summed E-state index contributed by atoms with van der Waals surface area (Å²) in [5.41, 5.74) is 0. The Balaban J connectivity index is 3.27. The Morgan fingerprint density at radius 1 is 0.476 bits per heavy atom. The smallest absolute Gasteiger partial charge is 0.342 e. The topological polar surface area (TPSA) is 55.4 Å². The molecule has 0 aromatic heterocycles. The summed E-state index contributed by atoms with van der Waals surface area (Å²) in [5.74, 6) is 0. The second-order valence-electron chi connectivity index (χ2n) is 2.76. The van der Waals surface area contributed by atoms with Crippen LogP contribution in [0.5, 0.6) is 0 Å². The van der Waals surface area contributed by atoms with E-state index >= 15 is 0 Å². The van der Waals surface area contributed by atoms with Gasteiger partial charge in [-0.3, -0.25) is 0 Å². The average molecular weight is 328 g/mol. The molecule has 0 saturated carbocycles. The molecule has 0 aromatic rings. The minimum atomic E-state index is -2.62. The van der Waals surface area contributed by atoms with Crippen molar-refractivity contribution in [3.05, 3.63) is 24.2 Å². The third-order valence-corrected chi connectivity index (χ3v) is 1.34. The molecule has 0 amide bonds. The van der Waals surface area contributed by atoms with Crippen molar-refractivity contribution < 1.29 is 54.8 Å². The molecule has 0 bridgehead atoms. The molecule has 0 fully saturated rings. The van der Waals surface area contributed by atoms with Gasteiger partial charge in [-0.25, -0.2) is 0 Å². The zero-order valence-corrected chi connectivity index (χ0v) is 10.3. The summed E-state index contributed by atoms with van der Waals surface area (Å²) in [5, 5.41) is 0. The van der Waals surface area contributed by atoms with E-state index < -0.39 is 58.2 Å². The lowest BCUT2D eigenvalue weighted by atomic mass is 11.0. The fraction of sp³-hybridized carbons (Fsp3) is 0.556. The van der Waals surface area contributed by atoms with Gasteiger partial charge in [0, 0.05) is 0 Å². The van der Waals surface area contributed by atoms with Gasteiger partial charge < -0.3 is 28.4 Å². The Kier molecular flexibility index (Phi) is 11.4. The number of ether oxygens (including phenoxy) is 6. The van der Waals surface area contributed by atoms with E-state index in [9.17, 15) is 26.3 Å². The molecule has 0 spiro atoms. The zero-order valence-electron chi connectivity index (χ0n) is 10.3. The number of rotatable bonds is 12. The van der Waals surface area contributed by atoms with Crippen LogP contribution in [-0.4, -0.2) is 34.0 Å². The third kappa shape index (κ3) is 12.0. The molecule has 12 heteroatoms. The van der Waals surface area contributed by atoms with E-state index in [2.05, 4.69) is 28.4 Å². The molecule has 21 heavy (non-hydrogen) atoms. The van der Waals surface area contributed by atoms with E-state index in [0.29, 0.717) is 0 Å². The van der Waals surface area contributed by atoms with Crippen LogP contribution in [0.3, 0.4) is 0 Å². The van der Waals surface area contributed by atoms with Crippen molar-refractivity contribution in [2.45, 2.75) is 0 Å². The van der Waals surface area contributed by atoms with Gasteiger partial charge in [0.25, 0.3) is 0 Å². The minimum Gasteiger partial charge on any atom is -0.440 e. The highest BCUT2D eigenvalue weighted by atomic mass is 19.3. The monoisotopic (exact) mass is 328 g/mol. The lowest BCUT2D eigenvalue weighted by Crippen LogP contribution is -2.09. The van der Waals surface area contributed by atoms with Crippen LogP contribution in [0.2, 0.25) is 0 Å². The molecule has 0 heterocycles. The second kappa shape index (κ2) is 12.3. The Hall–Kier alpha value is -1.50. The Bertz CT molecular complexity index is 310. The fourth-order valence-corrected chi connectivity index (χ4v) is 0.609. The molecule has 0 unspecified atom stereocenters. The van der Waals surface area contributed by atoms with Crippen molar-refractivity contribution in [2.24, 2.45) is 0 Å². The van der Waals surface area contributed by atoms with Gasteiger partial charge in [-0.1, -0.05) is 0 Å². The number of halogens is 6. The quantitative estimate of drug-likeness (QED) is 0.238. The van der Waals surface area contributed by atoms with Crippen molar-refractivity contribution in [1.82, 2.24) is 0 Å². The van der Waals surface area contributed by atoms with E-state index in [1.54, 1.807) is 0 Å². The van der Waals surface area contributed by atoms with Crippen molar-refractivity contribution in [3.63, 3.8) is 0 Å². The van der Waals surface area contributed by atoms with Crippen LogP contribution in [0.4, 0.5) is 26.3 Å². The highest BCUT2D eigenvalue weighted by molar-refractivity contribution is 4.80. The van der Waals surface area contributed by atoms with Crippen LogP contribution in [0, 0.1) is 0 Å². The van der Waals surface area contributed by atoms with Crippen molar-refractivity contribution in [1.29, 1.82) is 0 Å². The standard InChI is InChI=1S/C9H10F6O6/c10-6(11)8(14)20-4-18-2-16-1-17-3-19-5-21-9(15)7(12)13/h1-5H2. The van der Waals surface area contributed by atoms with E-state index in [4.69, 9.17) is 0 Å². The van der Waals surface area contributed by atoms with Crippen molar-refractivity contribution >= 4 is 0 Å². The Morgan fingerprint density at radius 3 is 1.05 bits per heavy atom. The lowest BCUT2D eigenvalue weighted by Gasteiger charge is -2.07. The second-order valence-corrected chi connectivity index (χ2v) is 2.76. The van der Waals surface area contributed by atoms with Gasteiger partial charge in [-0.2, -0.15) is 26.3 Å². The molecule has 0 aliphatic carbocycles. The maximum atomic E-state index is 12.0. The molecular weight excluding hydrogens is 318 g/mol. The van der Waals surface area contributed by atoms with E-state index in [-0.39, 0.29) is 0 Å². The van der Waals surface area contributed by atoms with Crippen LogP contribution in [0.15, 0.2) is 24.2 Å². The van der Waals surface area contributed by atoms with Gasteiger partial charge in [0.2, 0.25) is 0 Å². The summed E-state index contributed by atoms with van der Waals surface area (Å²) in [7, 11) is 0. The van der Waals surface area contributed by atoms with Crippen LogP contribution < -0.4 is 0 Å². The fourth-order valence-electron chi connectivity index (χ4n) is 0.609. The summed E-state index contributed by atoms with van der Waals surface area (Å²) in [4.78, 5) is 0. The molecule has 0 aliphatic heterocycles. The molecule has 6 nitrogen and oxygen atoms in total. The minimum absolute atomic E-state index is 0.397. The average Bonchev–Trinajstić information content (AvgIpc) is 2.43. The predicted molar refractivity (Wildman–Crippen MR) is 51.5 cm³/mol. The van der Waals surface area contributed by atoms with Crippen molar-refractivity contribution in [2.75, 3.05) is 34.0 Å². The maximum Gasteiger partial charge on any atom is 0.342 e. The van der Waals surface area contributed by atoms with Crippen LogP contribution in [0.1, 0.15) is 0 Å². The highest BCUT2D eigenvalue weighted by Gasteiger charge is 2.06. The van der Waals surface area contributed by atoms with Gasteiger partial charge in [-0.15, -0.1) is 0 Å². The van der Waals surface area contributed by atoms with Gasteiger partial charge in [-0.05, 0) is 0 Å². The molecule has 0 saturated heterocycles. The number of hydrogen-bond acceptors (Lipinski definition) is 6. The summed E-state index contributed by atoms with van der Waals surface area (Å²) in [6.07, 6.45) is -5.25. The lowest BCUT2D eigenvalue weighted by molar-refractivity contribution is -0.203. The molecular formula is C9H10F6O6. The van der Waals surface area contributed by atoms with E-state index in [1.807, 2.05) is 0 Å². The molecule has 0 aromatic carbocycles. The molecule has 0 N–H and O–H groups in total. The van der Waals surface area contributed by atoms with Gasteiger partial charge in [0.05, 0.1) is 0 Å². The Labute approximate surface area is 114 Å². The normalized spacial score (nSPS) is 10.2. The zero-order chi connectivity index (χ0) is 16.1. The largest absolute Gasteiger partial charge is 0.440 e. The van der Waals surface area contributed by atoms with Gasteiger partial charge in [0.15, 0.2) is 34.0 Å². The van der Waals surface area contributed by atoms with Crippen LogP contribution in [0.25, 0.3) is 0 Å². The van der Waals surface area contributed by atoms with E-state index in [0.717, 1.165) is 0 Å². The first-order chi connectivity index (χ1) is 9.95. The third-order valence-electron chi connectivity index (χ3n) is 1.34. The molecule has 0 rings (SSSR count). The maximum absolute atomic E-state index is 12.0. The Morgan fingerprint density at radius 2 is 0.762 bits per heavy atom. The van der Waals surface area contributed by atoms with Gasteiger partial charge in [0.1, 0.15) is 0 Å². The number of hydrogen-bond donors (Lipinski definition) is 0. The first-order valence-corrected chi connectivity index (χ1v) is 4.93.